The van der Waals surface area contributed by atoms with Crippen molar-refractivity contribution in [2.75, 3.05) is 24.5 Å². The molecule has 0 aromatic carbocycles. The van der Waals surface area contributed by atoms with Crippen molar-refractivity contribution in [1.29, 1.82) is 0 Å². The zero-order valence-electron chi connectivity index (χ0n) is 9.99. The Morgan fingerprint density at radius 3 is 2.81 bits per heavy atom. The van der Waals surface area contributed by atoms with Crippen LogP contribution in [0.4, 0.5) is 5.95 Å². The van der Waals surface area contributed by atoms with Gasteiger partial charge in [0.25, 0.3) is 0 Å². The van der Waals surface area contributed by atoms with Crippen LogP contribution >= 0.6 is 0 Å². The number of rotatable bonds is 2. The third kappa shape index (κ3) is 2.33. The van der Waals surface area contributed by atoms with Crippen molar-refractivity contribution in [3.63, 3.8) is 0 Å². The Kier molecular flexibility index (Phi) is 2.86. The summed E-state index contributed by atoms with van der Waals surface area (Å²) in [5.74, 6) is 1.18. The van der Waals surface area contributed by atoms with Crippen LogP contribution in [0, 0.1) is 0 Å². The third-order valence-electron chi connectivity index (χ3n) is 2.70. The molecule has 1 aliphatic rings. The van der Waals surface area contributed by atoms with Crippen LogP contribution in [-0.4, -0.2) is 46.0 Å². The van der Waals surface area contributed by atoms with Gasteiger partial charge < -0.3 is 15.3 Å². The van der Waals surface area contributed by atoms with Gasteiger partial charge in [-0.2, -0.15) is 4.98 Å². The highest BCUT2D eigenvalue weighted by Gasteiger charge is 2.24. The van der Waals surface area contributed by atoms with Crippen molar-refractivity contribution < 1.29 is 5.11 Å². The molecule has 90 valence electrons. The van der Waals surface area contributed by atoms with Crippen molar-refractivity contribution in [1.82, 2.24) is 20.5 Å². The number of H-pyrrole nitrogens is 1. The second-order valence-electron chi connectivity index (χ2n) is 4.84. The third-order valence-corrected chi connectivity index (χ3v) is 2.70. The molecule has 6 nitrogen and oxygen atoms in total. The van der Waals surface area contributed by atoms with E-state index in [9.17, 15) is 5.11 Å². The Hall–Kier alpha value is -1.14. The van der Waals surface area contributed by atoms with Gasteiger partial charge in [-0.1, -0.05) is 0 Å². The molecule has 0 unspecified atom stereocenters. The first-order chi connectivity index (χ1) is 7.47. The number of aromatic nitrogens is 3. The van der Waals surface area contributed by atoms with Gasteiger partial charge in [0.1, 0.15) is 5.60 Å². The number of aromatic amines is 1. The molecule has 0 amide bonds. The van der Waals surface area contributed by atoms with Gasteiger partial charge in [-0.05, 0) is 20.8 Å². The van der Waals surface area contributed by atoms with Crippen LogP contribution in [-0.2, 0) is 5.60 Å². The van der Waals surface area contributed by atoms with Gasteiger partial charge in [-0.15, -0.1) is 5.10 Å². The molecule has 1 aromatic rings. The quantitative estimate of drug-likeness (QED) is 0.651. The average molecular weight is 225 g/mol. The lowest BCUT2D eigenvalue weighted by Gasteiger charge is -2.30. The lowest BCUT2D eigenvalue weighted by atomic mass is 10.1. The molecule has 1 saturated heterocycles. The van der Waals surface area contributed by atoms with E-state index < -0.39 is 5.60 Å². The summed E-state index contributed by atoms with van der Waals surface area (Å²) in [7, 11) is 0. The van der Waals surface area contributed by atoms with Crippen LogP contribution in [0.1, 0.15) is 26.6 Å². The topological polar surface area (TPSA) is 77.1 Å². The molecule has 0 radical (unpaired) electrons. The molecule has 0 spiro atoms. The molecule has 3 N–H and O–H groups in total. The largest absolute Gasteiger partial charge is 0.382 e. The molecular weight excluding hydrogens is 206 g/mol. The molecule has 0 bridgehead atoms. The normalized spacial score (nSPS) is 22.5. The molecule has 0 aliphatic carbocycles. The van der Waals surface area contributed by atoms with Crippen molar-refractivity contribution in [2.45, 2.75) is 32.4 Å². The van der Waals surface area contributed by atoms with Crippen LogP contribution in [0.3, 0.4) is 0 Å². The van der Waals surface area contributed by atoms with Crippen LogP contribution in [0.25, 0.3) is 0 Å². The minimum absolute atomic E-state index is 0.442. The zero-order chi connectivity index (χ0) is 11.8. The lowest BCUT2D eigenvalue weighted by molar-refractivity contribution is 0.0691. The predicted molar refractivity (Wildman–Crippen MR) is 61.3 cm³/mol. The van der Waals surface area contributed by atoms with Crippen LogP contribution in [0.5, 0.6) is 0 Å². The maximum Gasteiger partial charge on any atom is 0.244 e. The maximum atomic E-state index is 9.79. The molecule has 2 heterocycles. The molecule has 2 rings (SSSR count). The molecule has 1 aromatic heterocycles. The van der Waals surface area contributed by atoms with E-state index in [0.29, 0.717) is 17.8 Å². The maximum absolute atomic E-state index is 9.79. The molecule has 0 saturated carbocycles. The van der Waals surface area contributed by atoms with Gasteiger partial charge >= 0.3 is 0 Å². The van der Waals surface area contributed by atoms with Crippen molar-refractivity contribution in [3.05, 3.63) is 5.82 Å². The first kappa shape index (κ1) is 11.3. The predicted octanol–water partition coefficient (Wildman–Crippen LogP) is -0.170. The Morgan fingerprint density at radius 1 is 1.50 bits per heavy atom. The Balaban J connectivity index is 2.12. The number of nitrogens with zero attached hydrogens (tertiary/aromatic N) is 3. The van der Waals surface area contributed by atoms with Crippen molar-refractivity contribution in [2.24, 2.45) is 0 Å². The molecule has 6 heteroatoms. The van der Waals surface area contributed by atoms with Crippen LogP contribution < -0.4 is 10.2 Å². The summed E-state index contributed by atoms with van der Waals surface area (Å²) in [5, 5.41) is 20.1. The molecular formula is C10H19N5O. The second-order valence-corrected chi connectivity index (χ2v) is 4.84. The summed E-state index contributed by atoms with van der Waals surface area (Å²) >= 11 is 0. The lowest BCUT2D eigenvalue weighted by Crippen LogP contribution is -2.49. The summed E-state index contributed by atoms with van der Waals surface area (Å²) in [6, 6.07) is 0.442. The highest BCUT2D eigenvalue weighted by atomic mass is 16.3. The van der Waals surface area contributed by atoms with E-state index >= 15 is 0 Å². The van der Waals surface area contributed by atoms with Crippen LogP contribution in [0.2, 0.25) is 0 Å². The van der Waals surface area contributed by atoms with E-state index in [4.69, 9.17) is 0 Å². The second kappa shape index (κ2) is 4.03. The molecule has 1 atom stereocenters. The summed E-state index contributed by atoms with van der Waals surface area (Å²) in [5.41, 5.74) is -0.967. The highest BCUT2D eigenvalue weighted by molar-refractivity contribution is 5.30. The first-order valence-corrected chi connectivity index (χ1v) is 5.60. The SMILES string of the molecule is C[C@H]1CN(c2n[nH]c(C(C)(C)O)n2)CCN1. The minimum atomic E-state index is -0.967. The van der Waals surface area contributed by atoms with E-state index in [0.717, 1.165) is 19.6 Å². The smallest absolute Gasteiger partial charge is 0.244 e. The molecule has 1 fully saturated rings. The summed E-state index contributed by atoms with van der Waals surface area (Å²) in [6.45, 7) is 8.25. The van der Waals surface area contributed by atoms with Gasteiger partial charge in [0.05, 0.1) is 0 Å². The first-order valence-electron chi connectivity index (χ1n) is 5.60. The fraction of sp³-hybridized carbons (Fsp3) is 0.800. The highest BCUT2D eigenvalue weighted by Crippen LogP contribution is 2.18. The van der Waals surface area contributed by atoms with E-state index in [2.05, 4.69) is 32.3 Å². The average Bonchev–Trinajstić information content (AvgIpc) is 2.65. The standard InChI is InChI=1S/C10H19N5O/c1-7-6-15(5-4-11-7)9-12-8(13-14-9)10(2,3)16/h7,11,16H,4-6H2,1-3H3,(H,12,13,14)/t7-/m0/s1. The Labute approximate surface area is 95.1 Å². The van der Waals surface area contributed by atoms with Crippen molar-refractivity contribution in [3.8, 4) is 0 Å². The fourth-order valence-electron chi connectivity index (χ4n) is 1.78. The van der Waals surface area contributed by atoms with Crippen molar-refractivity contribution >= 4 is 5.95 Å². The number of aliphatic hydroxyl groups is 1. The van der Waals surface area contributed by atoms with Gasteiger partial charge in [-0.3, -0.25) is 5.10 Å². The van der Waals surface area contributed by atoms with Gasteiger partial charge in [0, 0.05) is 25.7 Å². The summed E-state index contributed by atoms with van der Waals surface area (Å²) in [6.07, 6.45) is 0. The van der Waals surface area contributed by atoms with Gasteiger partial charge in [0.15, 0.2) is 5.82 Å². The van der Waals surface area contributed by atoms with E-state index in [-0.39, 0.29) is 0 Å². The number of piperazine rings is 1. The number of nitrogens with one attached hydrogen (secondary N) is 2. The minimum Gasteiger partial charge on any atom is -0.382 e. The van der Waals surface area contributed by atoms with Crippen LogP contribution in [0.15, 0.2) is 0 Å². The number of hydrogen-bond acceptors (Lipinski definition) is 5. The molecule has 1 aliphatic heterocycles. The number of anilines is 1. The zero-order valence-corrected chi connectivity index (χ0v) is 9.99. The van der Waals surface area contributed by atoms with E-state index in [1.165, 1.54) is 0 Å². The summed E-state index contributed by atoms with van der Waals surface area (Å²) in [4.78, 5) is 6.44. The fourth-order valence-corrected chi connectivity index (χ4v) is 1.78. The Morgan fingerprint density at radius 2 is 2.25 bits per heavy atom. The van der Waals surface area contributed by atoms with E-state index in [1.807, 2.05) is 0 Å². The monoisotopic (exact) mass is 225 g/mol. The number of hydrogen-bond donors (Lipinski definition) is 3. The molecule has 16 heavy (non-hydrogen) atoms. The van der Waals surface area contributed by atoms with Gasteiger partial charge in [-0.25, -0.2) is 0 Å². The Bertz CT molecular complexity index is 356. The van der Waals surface area contributed by atoms with Gasteiger partial charge in [0.2, 0.25) is 5.95 Å². The van der Waals surface area contributed by atoms with E-state index in [1.54, 1.807) is 13.8 Å². The summed E-state index contributed by atoms with van der Waals surface area (Å²) < 4.78 is 0.